The highest BCUT2D eigenvalue weighted by Crippen LogP contribution is 2.49. The van der Waals surface area contributed by atoms with Gasteiger partial charge in [-0.25, -0.2) is 4.79 Å². The predicted molar refractivity (Wildman–Crippen MR) is 129 cm³/mol. The Kier molecular flexibility index (Phi) is 6.02. The van der Waals surface area contributed by atoms with Crippen LogP contribution in [0.25, 0.3) is 4.91 Å². The number of rotatable bonds is 6. The van der Waals surface area contributed by atoms with Crippen LogP contribution in [0, 0.1) is 11.3 Å². The minimum absolute atomic E-state index is 0.223. The van der Waals surface area contributed by atoms with Gasteiger partial charge < -0.3 is 10.0 Å². The monoisotopic (exact) mass is 424 g/mol. The number of aliphatic carboxylic acids is 1. The molecule has 0 bridgehead atoms. The number of thiol groups is 1. The van der Waals surface area contributed by atoms with Crippen LogP contribution < -0.4 is 4.90 Å². The van der Waals surface area contributed by atoms with Crippen molar-refractivity contribution in [2.45, 2.75) is 0 Å². The summed E-state index contributed by atoms with van der Waals surface area (Å²) in [5.74, 6) is -1.19. The first kappa shape index (κ1) is 20.3. The van der Waals surface area contributed by atoms with E-state index in [9.17, 15) is 9.90 Å². The van der Waals surface area contributed by atoms with Gasteiger partial charge >= 0.3 is 5.97 Å². The molecule has 1 heterocycles. The molecular formula is C26H20N2O2S. The normalized spacial score (nSPS) is 16.4. The van der Waals surface area contributed by atoms with Crippen LogP contribution in [0.2, 0.25) is 0 Å². The Morgan fingerprint density at radius 3 is 1.94 bits per heavy atom. The third-order valence-corrected chi connectivity index (χ3v) is 6.84. The zero-order valence-corrected chi connectivity index (χ0v) is 17.5. The van der Waals surface area contributed by atoms with Gasteiger partial charge in [-0.3, -0.25) is 0 Å². The van der Waals surface area contributed by atoms with Crippen molar-refractivity contribution in [3.05, 3.63) is 119 Å². The number of hydrogen-bond acceptors (Lipinski definition) is 3. The van der Waals surface area contributed by atoms with E-state index < -0.39 is 16.9 Å². The summed E-state index contributed by atoms with van der Waals surface area (Å²) in [4.78, 5) is 14.4. The summed E-state index contributed by atoms with van der Waals surface area (Å²) in [7, 11) is -0.974. The summed E-state index contributed by atoms with van der Waals surface area (Å²) in [5.41, 5.74) is 3.94. The van der Waals surface area contributed by atoms with Crippen molar-refractivity contribution in [3.63, 3.8) is 0 Å². The number of benzene rings is 3. The van der Waals surface area contributed by atoms with E-state index in [0.717, 1.165) is 27.5 Å². The molecule has 3 aromatic rings. The molecule has 4 rings (SSSR count). The Labute approximate surface area is 184 Å². The fourth-order valence-electron chi connectivity index (χ4n) is 3.40. The van der Waals surface area contributed by atoms with Gasteiger partial charge in [-0.05, 0) is 58.9 Å². The maximum absolute atomic E-state index is 11.2. The standard InChI is InChI=1S/C26H20N2O2S/c27-18-21(26(29)30)19-31-17-7-12-25(31)20-13-15-24(16-14-20)28(22-8-3-1-4-9-22)23-10-5-2-6-11-23/h1-17,19,31H,(H,29,30). The fraction of sp³-hybridized carbons (Fsp3) is 0. The third kappa shape index (κ3) is 4.45. The quantitative estimate of drug-likeness (QED) is 0.269. The van der Waals surface area contributed by atoms with E-state index >= 15 is 0 Å². The van der Waals surface area contributed by atoms with Gasteiger partial charge in [0, 0.05) is 22.0 Å². The van der Waals surface area contributed by atoms with Crippen molar-refractivity contribution >= 4 is 38.8 Å². The Morgan fingerprint density at radius 2 is 1.42 bits per heavy atom. The second kappa shape index (κ2) is 9.21. The van der Waals surface area contributed by atoms with Gasteiger partial charge in [0.2, 0.25) is 0 Å². The van der Waals surface area contributed by atoms with Crippen LogP contribution in [-0.2, 0) is 4.79 Å². The molecule has 1 aliphatic heterocycles. The summed E-state index contributed by atoms with van der Waals surface area (Å²) in [6.45, 7) is 0. The van der Waals surface area contributed by atoms with Crippen LogP contribution in [0.15, 0.2) is 113 Å². The smallest absolute Gasteiger partial charge is 0.346 e. The predicted octanol–water partition coefficient (Wildman–Crippen LogP) is 6.52. The van der Waals surface area contributed by atoms with Gasteiger partial charge in [0.1, 0.15) is 11.6 Å². The van der Waals surface area contributed by atoms with Crippen LogP contribution in [0.4, 0.5) is 17.1 Å². The summed E-state index contributed by atoms with van der Waals surface area (Å²) >= 11 is 0. The number of nitriles is 1. The average Bonchev–Trinajstić information content (AvgIpc) is 3.27. The van der Waals surface area contributed by atoms with Crippen molar-refractivity contribution in [1.82, 2.24) is 0 Å². The maximum atomic E-state index is 11.2. The Balaban J connectivity index is 1.67. The fourth-order valence-corrected chi connectivity index (χ4v) is 5.21. The van der Waals surface area contributed by atoms with E-state index in [2.05, 4.69) is 41.3 Å². The van der Waals surface area contributed by atoms with E-state index in [1.165, 1.54) is 0 Å². The molecule has 1 atom stereocenters. The molecule has 0 saturated heterocycles. The second-order valence-electron chi connectivity index (χ2n) is 6.81. The van der Waals surface area contributed by atoms with Crippen LogP contribution in [-0.4, -0.2) is 11.1 Å². The molecule has 1 N–H and O–H groups in total. The molecule has 5 heteroatoms. The molecule has 31 heavy (non-hydrogen) atoms. The van der Waals surface area contributed by atoms with Crippen molar-refractivity contribution in [1.29, 1.82) is 5.26 Å². The Hall–Kier alpha value is -4.01. The lowest BCUT2D eigenvalue weighted by atomic mass is 10.1. The molecule has 0 fully saturated rings. The van der Waals surface area contributed by atoms with Gasteiger partial charge in [0.25, 0.3) is 0 Å². The lowest BCUT2D eigenvalue weighted by Gasteiger charge is -2.26. The molecule has 1 aliphatic rings. The number of allylic oxidation sites excluding steroid dienone is 2. The largest absolute Gasteiger partial charge is 0.477 e. The molecule has 0 radical (unpaired) electrons. The summed E-state index contributed by atoms with van der Waals surface area (Å²) in [6, 6.07) is 30.3. The van der Waals surface area contributed by atoms with Crippen LogP contribution in [0.1, 0.15) is 5.56 Å². The molecule has 0 aliphatic carbocycles. The lowest BCUT2D eigenvalue weighted by Crippen LogP contribution is -2.09. The highest BCUT2D eigenvalue weighted by atomic mass is 32.2. The Bertz CT molecular complexity index is 1170. The minimum Gasteiger partial charge on any atom is -0.477 e. The van der Waals surface area contributed by atoms with E-state index in [1.807, 2.05) is 66.1 Å². The van der Waals surface area contributed by atoms with E-state index in [1.54, 1.807) is 11.5 Å². The number of carboxylic acid groups (broad SMARTS) is 1. The Morgan fingerprint density at radius 1 is 0.871 bits per heavy atom. The topological polar surface area (TPSA) is 64.3 Å². The highest BCUT2D eigenvalue weighted by molar-refractivity contribution is 8.30. The molecular weight excluding hydrogens is 404 g/mol. The molecule has 4 nitrogen and oxygen atoms in total. The average molecular weight is 425 g/mol. The number of carboxylic acids is 1. The second-order valence-corrected chi connectivity index (χ2v) is 8.67. The first-order valence-corrected chi connectivity index (χ1v) is 11.2. The molecule has 152 valence electrons. The zero-order chi connectivity index (χ0) is 21.6. The summed E-state index contributed by atoms with van der Waals surface area (Å²) in [6.07, 6.45) is 3.91. The molecule has 0 spiro atoms. The number of hydrogen-bond donors (Lipinski definition) is 2. The van der Waals surface area contributed by atoms with Crippen LogP contribution in [0.3, 0.4) is 0 Å². The number of nitrogens with zero attached hydrogens (tertiary/aromatic N) is 2. The van der Waals surface area contributed by atoms with Crippen LogP contribution >= 0.6 is 10.9 Å². The number of carbonyl (C=O) groups is 1. The summed E-state index contributed by atoms with van der Waals surface area (Å²) in [5, 5.41) is 21.8. The van der Waals surface area contributed by atoms with Gasteiger partial charge in [-0.2, -0.15) is 16.2 Å². The van der Waals surface area contributed by atoms with Gasteiger partial charge in [0.15, 0.2) is 0 Å². The van der Waals surface area contributed by atoms with Crippen molar-refractivity contribution in [2.75, 3.05) is 4.90 Å². The van der Waals surface area contributed by atoms with Crippen molar-refractivity contribution < 1.29 is 9.90 Å². The molecule has 0 amide bonds. The van der Waals surface area contributed by atoms with Crippen molar-refractivity contribution in [2.24, 2.45) is 0 Å². The molecule has 3 aromatic carbocycles. The highest BCUT2D eigenvalue weighted by Gasteiger charge is 2.16. The lowest BCUT2D eigenvalue weighted by molar-refractivity contribution is -0.132. The number of anilines is 3. The molecule has 0 aromatic heterocycles. The third-order valence-electron chi connectivity index (χ3n) is 4.85. The van der Waals surface area contributed by atoms with Crippen LogP contribution in [0.5, 0.6) is 0 Å². The van der Waals surface area contributed by atoms with Gasteiger partial charge in [-0.15, -0.1) is 0 Å². The molecule has 0 saturated carbocycles. The SMILES string of the molecule is N#CC(=C[SH]1C=CC=C1c1ccc(N(c2ccccc2)c2ccccc2)cc1)C(=O)O. The first-order chi connectivity index (χ1) is 15.2. The zero-order valence-electron chi connectivity index (χ0n) is 16.6. The van der Waals surface area contributed by atoms with Gasteiger partial charge in [0.05, 0.1) is 0 Å². The minimum atomic E-state index is -1.19. The summed E-state index contributed by atoms with van der Waals surface area (Å²) < 4.78 is 0. The maximum Gasteiger partial charge on any atom is 0.346 e. The van der Waals surface area contributed by atoms with Gasteiger partial charge in [-0.1, -0.05) is 54.6 Å². The first-order valence-electron chi connectivity index (χ1n) is 9.70. The van der Waals surface area contributed by atoms with E-state index in [4.69, 9.17) is 5.26 Å². The molecule has 1 unspecified atom stereocenters. The van der Waals surface area contributed by atoms with Crippen molar-refractivity contribution in [3.8, 4) is 6.07 Å². The number of para-hydroxylation sites is 2. The van der Waals surface area contributed by atoms with E-state index in [0.29, 0.717) is 0 Å². The van der Waals surface area contributed by atoms with E-state index in [-0.39, 0.29) is 5.57 Å².